The van der Waals surface area contributed by atoms with Crippen molar-refractivity contribution in [1.82, 2.24) is 0 Å². The van der Waals surface area contributed by atoms with Gasteiger partial charge in [0.1, 0.15) is 18.2 Å². The second kappa shape index (κ2) is 9.48. The van der Waals surface area contributed by atoms with Crippen LogP contribution in [0.15, 0.2) is 60.7 Å². The summed E-state index contributed by atoms with van der Waals surface area (Å²) in [7, 11) is 0. The molecule has 0 unspecified atom stereocenters. The van der Waals surface area contributed by atoms with Crippen LogP contribution in [0.2, 0.25) is 0 Å². The minimum absolute atomic E-state index is 0.0657. The molecular weight excluding hydrogens is 358 g/mol. The van der Waals surface area contributed by atoms with Gasteiger partial charge in [-0.25, -0.2) is 4.79 Å². The number of ether oxygens (including phenoxy) is 3. The molecule has 1 heterocycles. The zero-order valence-electron chi connectivity index (χ0n) is 15.8. The summed E-state index contributed by atoms with van der Waals surface area (Å²) in [5.74, 6) is -1.22. The van der Waals surface area contributed by atoms with Gasteiger partial charge < -0.3 is 19.9 Å². The lowest BCUT2D eigenvalue weighted by atomic mass is 9.91. The average Bonchev–Trinajstić information content (AvgIpc) is 2.75. The van der Waals surface area contributed by atoms with Crippen LogP contribution in [0.1, 0.15) is 22.8 Å². The minimum Gasteiger partial charge on any atom is -0.457 e. The zero-order chi connectivity index (χ0) is 19.9. The highest BCUT2D eigenvalue weighted by Crippen LogP contribution is 2.23. The summed E-state index contributed by atoms with van der Waals surface area (Å²) in [6.45, 7) is 2.09. The van der Waals surface area contributed by atoms with Crippen LogP contribution in [0.3, 0.4) is 0 Å². The van der Waals surface area contributed by atoms with Gasteiger partial charge in [-0.05, 0) is 31.0 Å². The molecule has 1 saturated heterocycles. The van der Waals surface area contributed by atoms with E-state index < -0.39 is 30.2 Å². The van der Waals surface area contributed by atoms with Crippen LogP contribution in [0.4, 0.5) is 0 Å². The van der Waals surface area contributed by atoms with E-state index in [1.54, 1.807) is 31.2 Å². The van der Waals surface area contributed by atoms with E-state index >= 15 is 0 Å². The Balaban J connectivity index is 1.85. The fraction of sp³-hybridized carbons (Fsp3) is 0.364. The number of hydrogen-bond donors (Lipinski definition) is 1. The number of carbonyl (C=O) groups excluding carboxylic acids is 2. The number of rotatable bonds is 4. The van der Waals surface area contributed by atoms with Crippen LogP contribution in [0.25, 0.3) is 0 Å². The van der Waals surface area contributed by atoms with Crippen molar-refractivity contribution in [3.63, 3.8) is 0 Å². The molecule has 2 aromatic rings. The highest BCUT2D eigenvalue weighted by atomic mass is 16.6. The Kier molecular flexibility index (Phi) is 6.79. The Bertz CT molecular complexity index is 780. The molecule has 0 bridgehead atoms. The van der Waals surface area contributed by atoms with Gasteiger partial charge in [-0.3, -0.25) is 4.79 Å². The monoisotopic (exact) mass is 383 g/mol. The largest absolute Gasteiger partial charge is 0.457 e. The number of benzene rings is 2. The Morgan fingerprint density at radius 2 is 1.71 bits per heavy atom. The SMILES string of the molecule is C[C@@H]1OC(=O)[C@@H](N)COC[C@H](Cc2ccccc2)[C@H]1OC(=O)c1ccccc1. The van der Waals surface area contributed by atoms with Crippen molar-refractivity contribution in [2.24, 2.45) is 11.7 Å². The first-order valence-corrected chi connectivity index (χ1v) is 9.38. The third-order valence-corrected chi connectivity index (χ3v) is 4.75. The van der Waals surface area contributed by atoms with Gasteiger partial charge in [-0.2, -0.15) is 0 Å². The third kappa shape index (κ3) is 5.18. The summed E-state index contributed by atoms with van der Waals surface area (Å²) in [5.41, 5.74) is 7.33. The van der Waals surface area contributed by atoms with E-state index in [4.69, 9.17) is 19.9 Å². The lowest BCUT2D eigenvalue weighted by Crippen LogP contribution is -2.42. The molecule has 3 rings (SSSR count). The molecule has 0 radical (unpaired) electrons. The Hall–Kier alpha value is -2.70. The van der Waals surface area contributed by atoms with E-state index in [0.717, 1.165) is 5.56 Å². The van der Waals surface area contributed by atoms with Crippen LogP contribution in [0, 0.1) is 5.92 Å². The van der Waals surface area contributed by atoms with Crippen molar-refractivity contribution in [1.29, 1.82) is 0 Å². The Morgan fingerprint density at radius 3 is 2.39 bits per heavy atom. The summed E-state index contributed by atoms with van der Waals surface area (Å²) in [6.07, 6.45) is -0.700. The molecule has 1 aliphatic heterocycles. The summed E-state index contributed by atoms with van der Waals surface area (Å²) in [4.78, 5) is 24.8. The number of cyclic esters (lactones) is 1. The second-order valence-electron chi connectivity index (χ2n) is 6.97. The molecule has 28 heavy (non-hydrogen) atoms. The molecule has 1 fully saturated rings. The quantitative estimate of drug-likeness (QED) is 0.816. The molecule has 0 aromatic heterocycles. The molecule has 0 amide bonds. The Labute approximate surface area is 164 Å². The predicted molar refractivity (Wildman–Crippen MR) is 104 cm³/mol. The molecule has 148 valence electrons. The van der Waals surface area contributed by atoms with Gasteiger partial charge in [0.2, 0.25) is 0 Å². The molecule has 0 spiro atoms. The first-order chi connectivity index (χ1) is 13.5. The molecular formula is C22H25NO5. The number of hydrogen-bond acceptors (Lipinski definition) is 6. The van der Waals surface area contributed by atoms with E-state index in [9.17, 15) is 9.59 Å². The maximum atomic E-state index is 12.7. The molecule has 0 saturated carbocycles. The molecule has 1 aliphatic rings. The van der Waals surface area contributed by atoms with Crippen LogP contribution >= 0.6 is 0 Å². The highest BCUT2D eigenvalue weighted by molar-refractivity contribution is 5.89. The van der Waals surface area contributed by atoms with Crippen molar-refractivity contribution in [2.45, 2.75) is 31.6 Å². The topological polar surface area (TPSA) is 87.8 Å². The van der Waals surface area contributed by atoms with Crippen molar-refractivity contribution in [2.75, 3.05) is 13.2 Å². The molecule has 6 nitrogen and oxygen atoms in total. The lowest BCUT2D eigenvalue weighted by molar-refractivity contribution is -0.156. The number of esters is 2. The van der Waals surface area contributed by atoms with Gasteiger partial charge in [-0.15, -0.1) is 0 Å². The smallest absolute Gasteiger partial charge is 0.338 e. The molecule has 4 atom stereocenters. The van der Waals surface area contributed by atoms with E-state index in [1.165, 1.54) is 0 Å². The van der Waals surface area contributed by atoms with Crippen molar-refractivity contribution in [3.05, 3.63) is 71.8 Å². The van der Waals surface area contributed by atoms with Gasteiger partial charge in [0.25, 0.3) is 0 Å². The van der Waals surface area contributed by atoms with Crippen molar-refractivity contribution < 1.29 is 23.8 Å². The molecule has 2 N–H and O–H groups in total. The maximum Gasteiger partial charge on any atom is 0.338 e. The summed E-state index contributed by atoms with van der Waals surface area (Å²) in [5, 5.41) is 0. The van der Waals surface area contributed by atoms with E-state index in [1.807, 2.05) is 36.4 Å². The maximum absolute atomic E-state index is 12.7. The molecule has 2 aromatic carbocycles. The standard InChI is InChI=1S/C22H25NO5/c1-15-20(28-21(24)17-10-6-3-7-11-17)18(12-16-8-4-2-5-9-16)13-26-14-19(23)22(25)27-15/h2-11,15,18-20H,12-14,23H2,1H3/t15-,18-,19-,20-/m0/s1. The summed E-state index contributed by atoms with van der Waals surface area (Å²) < 4.78 is 17.0. The highest BCUT2D eigenvalue weighted by Gasteiger charge is 2.36. The van der Waals surface area contributed by atoms with Crippen LogP contribution in [0.5, 0.6) is 0 Å². The lowest BCUT2D eigenvalue weighted by Gasteiger charge is -2.30. The zero-order valence-corrected chi connectivity index (χ0v) is 15.8. The van der Waals surface area contributed by atoms with E-state index in [-0.39, 0.29) is 12.5 Å². The van der Waals surface area contributed by atoms with Crippen LogP contribution in [-0.2, 0) is 25.4 Å². The second-order valence-corrected chi connectivity index (χ2v) is 6.97. The van der Waals surface area contributed by atoms with Gasteiger partial charge in [-0.1, -0.05) is 48.5 Å². The normalized spacial score (nSPS) is 25.7. The first kappa shape index (κ1) is 20.0. The fourth-order valence-corrected chi connectivity index (χ4v) is 3.28. The predicted octanol–water partition coefficient (Wildman–Crippen LogP) is 2.36. The third-order valence-electron chi connectivity index (χ3n) is 4.75. The minimum atomic E-state index is -0.858. The van der Waals surface area contributed by atoms with Gasteiger partial charge in [0.05, 0.1) is 18.8 Å². The van der Waals surface area contributed by atoms with Crippen LogP contribution in [-0.4, -0.2) is 43.4 Å². The van der Waals surface area contributed by atoms with E-state index in [2.05, 4.69) is 0 Å². The van der Waals surface area contributed by atoms with Crippen molar-refractivity contribution >= 4 is 11.9 Å². The Morgan fingerprint density at radius 1 is 1.07 bits per heavy atom. The fourth-order valence-electron chi connectivity index (χ4n) is 3.28. The average molecular weight is 383 g/mol. The van der Waals surface area contributed by atoms with Gasteiger partial charge in [0.15, 0.2) is 0 Å². The molecule has 0 aliphatic carbocycles. The summed E-state index contributed by atoms with van der Waals surface area (Å²) >= 11 is 0. The van der Waals surface area contributed by atoms with Gasteiger partial charge in [0, 0.05) is 5.92 Å². The van der Waals surface area contributed by atoms with Gasteiger partial charge >= 0.3 is 11.9 Å². The molecule has 6 heteroatoms. The summed E-state index contributed by atoms with van der Waals surface area (Å²) in [6, 6.07) is 17.7. The number of nitrogens with two attached hydrogens (primary N) is 1. The van der Waals surface area contributed by atoms with Crippen molar-refractivity contribution in [3.8, 4) is 0 Å². The number of carbonyl (C=O) groups is 2. The first-order valence-electron chi connectivity index (χ1n) is 9.38. The van der Waals surface area contributed by atoms with Crippen LogP contribution < -0.4 is 5.73 Å². The van der Waals surface area contributed by atoms with E-state index in [0.29, 0.717) is 18.6 Å².